The normalized spacial score (nSPS) is 14.3. The molecule has 1 fully saturated rings. The molecule has 0 unspecified atom stereocenters. The molecule has 0 atom stereocenters. The Hall–Kier alpha value is -3.26. The zero-order valence-electron chi connectivity index (χ0n) is 17.5. The standard InChI is InChI=1S/C22H27ClN6O2/c1-25-22(29-12-10-28(11-13-29)19-5-3-2-4-18(19)23)27-14-16-6-8-17(9-7-16)21(31)26-15-20(24)30/h2-9H,10-15H2,1H3,(H2,24,30)(H,25,27)(H,26,31). The molecule has 1 heterocycles. The maximum Gasteiger partial charge on any atom is 0.251 e. The van der Waals surface area contributed by atoms with Crippen LogP contribution < -0.4 is 21.3 Å². The van der Waals surface area contributed by atoms with E-state index in [1.807, 2.05) is 36.4 Å². The molecular formula is C22H27ClN6O2. The Bertz CT molecular complexity index is 939. The van der Waals surface area contributed by atoms with Crippen molar-refractivity contribution in [2.75, 3.05) is 44.7 Å². The van der Waals surface area contributed by atoms with E-state index in [1.165, 1.54) is 0 Å². The van der Waals surface area contributed by atoms with Gasteiger partial charge in [-0.25, -0.2) is 0 Å². The van der Waals surface area contributed by atoms with Crippen molar-refractivity contribution in [1.82, 2.24) is 15.5 Å². The highest BCUT2D eigenvalue weighted by Crippen LogP contribution is 2.26. The third kappa shape index (κ3) is 6.11. The molecule has 0 radical (unpaired) electrons. The molecule has 1 aliphatic rings. The van der Waals surface area contributed by atoms with Gasteiger partial charge >= 0.3 is 0 Å². The summed E-state index contributed by atoms with van der Waals surface area (Å²) >= 11 is 6.33. The number of aliphatic imine (C=N–C) groups is 1. The Labute approximate surface area is 187 Å². The Kier molecular flexibility index (Phi) is 7.72. The monoisotopic (exact) mass is 442 g/mol. The molecule has 2 aromatic rings. The molecule has 1 aliphatic heterocycles. The molecule has 0 saturated carbocycles. The Morgan fingerprint density at radius 1 is 1.03 bits per heavy atom. The van der Waals surface area contributed by atoms with Gasteiger partial charge in [0.05, 0.1) is 17.3 Å². The first-order chi connectivity index (χ1) is 15.0. The van der Waals surface area contributed by atoms with Crippen LogP contribution in [0.3, 0.4) is 0 Å². The number of benzene rings is 2. The number of nitrogens with two attached hydrogens (primary N) is 1. The van der Waals surface area contributed by atoms with E-state index >= 15 is 0 Å². The maximum atomic E-state index is 12.0. The van der Waals surface area contributed by atoms with Gasteiger partial charge in [0.25, 0.3) is 5.91 Å². The van der Waals surface area contributed by atoms with E-state index in [1.54, 1.807) is 19.2 Å². The Morgan fingerprint density at radius 3 is 2.32 bits per heavy atom. The van der Waals surface area contributed by atoms with E-state index in [9.17, 15) is 9.59 Å². The molecule has 31 heavy (non-hydrogen) atoms. The minimum atomic E-state index is -0.576. The molecule has 0 aliphatic carbocycles. The van der Waals surface area contributed by atoms with E-state index in [0.717, 1.165) is 48.4 Å². The van der Waals surface area contributed by atoms with E-state index in [-0.39, 0.29) is 12.5 Å². The van der Waals surface area contributed by atoms with Gasteiger partial charge in [-0.05, 0) is 29.8 Å². The molecule has 9 heteroatoms. The van der Waals surface area contributed by atoms with Crippen molar-refractivity contribution in [3.05, 3.63) is 64.7 Å². The van der Waals surface area contributed by atoms with Crippen LogP contribution >= 0.6 is 11.6 Å². The number of amides is 2. The van der Waals surface area contributed by atoms with Crippen molar-refractivity contribution in [3.8, 4) is 0 Å². The SMILES string of the molecule is CN=C(NCc1ccc(C(=O)NCC(N)=O)cc1)N1CCN(c2ccccc2Cl)CC1. The lowest BCUT2D eigenvalue weighted by Gasteiger charge is -2.38. The average Bonchev–Trinajstić information content (AvgIpc) is 2.79. The molecule has 3 rings (SSSR count). The lowest BCUT2D eigenvalue weighted by Crippen LogP contribution is -2.52. The lowest BCUT2D eigenvalue weighted by atomic mass is 10.1. The zero-order chi connectivity index (χ0) is 22.2. The second-order valence-electron chi connectivity index (χ2n) is 7.17. The molecule has 0 spiro atoms. The first-order valence-corrected chi connectivity index (χ1v) is 10.5. The first-order valence-electron chi connectivity index (χ1n) is 10.1. The molecule has 1 saturated heterocycles. The van der Waals surface area contributed by atoms with Gasteiger partial charge in [0, 0.05) is 45.3 Å². The predicted octanol–water partition coefficient (Wildman–Crippen LogP) is 1.45. The van der Waals surface area contributed by atoms with Crippen LogP contribution in [-0.4, -0.2) is 62.4 Å². The predicted molar refractivity (Wildman–Crippen MR) is 123 cm³/mol. The first kappa shape index (κ1) is 22.4. The summed E-state index contributed by atoms with van der Waals surface area (Å²) in [7, 11) is 1.77. The third-order valence-corrected chi connectivity index (χ3v) is 5.39. The smallest absolute Gasteiger partial charge is 0.251 e. The fourth-order valence-corrected chi connectivity index (χ4v) is 3.68. The molecule has 0 aromatic heterocycles. The molecule has 8 nitrogen and oxygen atoms in total. The van der Waals surface area contributed by atoms with Crippen molar-refractivity contribution < 1.29 is 9.59 Å². The van der Waals surface area contributed by atoms with Crippen molar-refractivity contribution in [2.24, 2.45) is 10.7 Å². The minimum absolute atomic E-state index is 0.178. The number of rotatable bonds is 6. The lowest BCUT2D eigenvalue weighted by molar-refractivity contribution is -0.117. The number of halogens is 1. The second-order valence-corrected chi connectivity index (χ2v) is 7.58. The minimum Gasteiger partial charge on any atom is -0.368 e. The summed E-state index contributed by atoms with van der Waals surface area (Å²) in [5.41, 5.74) is 7.60. The quantitative estimate of drug-likeness (QED) is 0.464. The Morgan fingerprint density at radius 2 is 1.71 bits per heavy atom. The fourth-order valence-electron chi connectivity index (χ4n) is 3.42. The number of anilines is 1. The fraction of sp³-hybridized carbons (Fsp3) is 0.318. The van der Waals surface area contributed by atoms with Gasteiger partial charge in [0.1, 0.15) is 0 Å². The van der Waals surface area contributed by atoms with Crippen LogP contribution in [0, 0.1) is 0 Å². The highest BCUT2D eigenvalue weighted by Gasteiger charge is 2.21. The average molecular weight is 443 g/mol. The Balaban J connectivity index is 1.50. The number of hydrogen-bond acceptors (Lipinski definition) is 4. The van der Waals surface area contributed by atoms with Crippen LogP contribution in [0.15, 0.2) is 53.5 Å². The summed E-state index contributed by atoms with van der Waals surface area (Å²) in [6, 6.07) is 15.1. The van der Waals surface area contributed by atoms with Crippen molar-refractivity contribution in [1.29, 1.82) is 0 Å². The molecule has 2 amide bonds. The highest BCUT2D eigenvalue weighted by molar-refractivity contribution is 6.33. The van der Waals surface area contributed by atoms with Crippen LogP contribution in [0.2, 0.25) is 5.02 Å². The summed E-state index contributed by atoms with van der Waals surface area (Å²) in [5.74, 6) is -0.0687. The summed E-state index contributed by atoms with van der Waals surface area (Å²) in [5, 5.41) is 6.62. The number of nitrogens with one attached hydrogen (secondary N) is 2. The van der Waals surface area contributed by atoms with Crippen molar-refractivity contribution in [3.63, 3.8) is 0 Å². The van der Waals surface area contributed by atoms with E-state index in [0.29, 0.717) is 12.1 Å². The van der Waals surface area contributed by atoms with Gasteiger partial charge in [-0.2, -0.15) is 0 Å². The van der Waals surface area contributed by atoms with E-state index < -0.39 is 5.91 Å². The van der Waals surface area contributed by atoms with Crippen molar-refractivity contribution in [2.45, 2.75) is 6.54 Å². The molecular weight excluding hydrogens is 416 g/mol. The van der Waals surface area contributed by atoms with E-state index in [2.05, 4.69) is 25.4 Å². The summed E-state index contributed by atoms with van der Waals surface area (Å²) in [6.07, 6.45) is 0. The van der Waals surface area contributed by atoms with Crippen LogP contribution in [0.4, 0.5) is 5.69 Å². The number of nitrogens with zero attached hydrogens (tertiary/aromatic N) is 3. The van der Waals surface area contributed by atoms with Crippen LogP contribution in [0.1, 0.15) is 15.9 Å². The topological polar surface area (TPSA) is 103 Å². The van der Waals surface area contributed by atoms with Crippen LogP contribution in [0.25, 0.3) is 0 Å². The number of guanidine groups is 1. The largest absolute Gasteiger partial charge is 0.368 e. The molecule has 0 bridgehead atoms. The third-order valence-electron chi connectivity index (χ3n) is 5.07. The molecule has 2 aromatic carbocycles. The number of para-hydroxylation sites is 1. The van der Waals surface area contributed by atoms with Crippen LogP contribution in [0.5, 0.6) is 0 Å². The van der Waals surface area contributed by atoms with Crippen LogP contribution in [-0.2, 0) is 11.3 Å². The number of hydrogen-bond donors (Lipinski definition) is 3. The van der Waals surface area contributed by atoms with E-state index in [4.69, 9.17) is 17.3 Å². The van der Waals surface area contributed by atoms with Crippen molar-refractivity contribution >= 4 is 35.1 Å². The highest BCUT2D eigenvalue weighted by atomic mass is 35.5. The number of carbonyl (C=O) groups is 2. The summed E-state index contributed by atoms with van der Waals surface area (Å²) < 4.78 is 0. The van der Waals surface area contributed by atoms with Gasteiger partial charge in [0.15, 0.2) is 5.96 Å². The zero-order valence-corrected chi connectivity index (χ0v) is 18.2. The molecule has 4 N–H and O–H groups in total. The maximum absolute atomic E-state index is 12.0. The van der Waals surface area contributed by atoms with Gasteiger partial charge in [-0.3, -0.25) is 14.6 Å². The van der Waals surface area contributed by atoms with Gasteiger partial charge in [-0.15, -0.1) is 0 Å². The second kappa shape index (κ2) is 10.7. The van der Waals surface area contributed by atoms with Gasteiger partial charge in [0.2, 0.25) is 5.91 Å². The van der Waals surface area contributed by atoms with Gasteiger partial charge in [-0.1, -0.05) is 35.9 Å². The summed E-state index contributed by atoms with van der Waals surface area (Å²) in [4.78, 5) is 31.6. The molecule has 164 valence electrons. The summed E-state index contributed by atoms with van der Waals surface area (Å²) in [6.45, 7) is 3.80. The number of carbonyl (C=O) groups excluding carboxylic acids is 2. The van der Waals surface area contributed by atoms with Gasteiger partial charge < -0.3 is 26.2 Å². The number of primary amides is 1. The number of piperazine rings is 1.